The first kappa shape index (κ1) is 22.5. The minimum atomic E-state index is -3.58. The van der Waals surface area contributed by atoms with E-state index >= 15 is 0 Å². The predicted molar refractivity (Wildman–Crippen MR) is 119 cm³/mol. The molecule has 1 aliphatic rings. The van der Waals surface area contributed by atoms with Gasteiger partial charge in [0.05, 0.1) is 29.2 Å². The number of hydrogen-bond acceptors (Lipinski definition) is 6. The molecule has 1 fully saturated rings. The van der Waals surface area contributed by atoms with Gasteiger partial charge in [-0.15, -0.1) is 0 Å². The Hall–Kier alpha value is -2.65. The molecule has 1 aromatic carbocycles. The quantitative estimate of drug-likeness (QED) is 0.537. The van der Waals surface area contributed by atoms with E-state index in [4.69, 9.17) is 0 Å². The normalized spacial score (nSPS) is 19.2. The van der Waals surface area contributed by atoms with Crippen molar-refractivity contribution in [1.29, 1.82) is 0 Å². The fourth-order valence-electron chi connectivity index (χ4n) is 4.30. The van der Waals surface area contributed by atoms with E-state index in [2.05, 4.69) is 15.0 Å². The number of sulfone groups is 1. The first-order chi connectivity index (χ1) is 15.4. The zero-order valence-electron chi connectivity index (χ0n) is 18.0. The van der Waals surface area contributed by atoms with Gasteiger partial charge in [-0.1, -0.05) is 6.92 Å². The topological polar surface area (TPSA) is 98.0 Å². The van der Waals surface area contributed by atoms with Gasteiger partial charge >= 0.3 is 0 Å². The molecule has 0 spiro atoms. The first-order valence-electron chi connectivity index (χ1n) is 10.9. The molecule has 3 aromatic rings. The summed E-state index contributed by atoms with van der Waals surface area (Å²) < 4.78 is 40.7. The van der Waals surface area contributed by atoms with Crippen LogP contribution >= 0.6 is 0 Å². The number of nitrogens with zero attached hydrogens (tertiary/aromatic N) is 4. The average Bonchev–Trinajstić information content (AvgIpc) is 3.25. The van der Waals surface area contributed by atoms with Gasteiger partial charge in [0.25, 0.3) is 0 Å². The van der Waals surface area contributed by atoms with E-state index in [0.29, 0.717) is 29.4 Å². The summed E-state index contributed by atoms with van der Waals surface area (Å²) in [5.74, 6) is -0.0576. The SMILES string of the molecule is CCCS(=O)(=O)c1nccc(-c2c(-c3ccc(F)cc3)ncn2C2CCC(CO)CC2)n1. The number of aromatic nitrogens is 4. The highest BCUT2D eigenvalue weighted by Gasteiger charge is 2.27. The van der Waals surface area contributed by atoms with E-state index in [1.807, 2.05) is 4.57 Å². The Balaban J connectivity index is 1.82. The van der Waals surface area contributed by atoms with Crippen LogP contribution < -0.4 is 0 Å². The minimum Gasteiger partial charge on any atom is -0.396 e. The monoisotopic (exact) mass is 458 g/mol. The summed E-state index contributed by atoms with van der Waals surface area (Å²) in [6.07, 6.45) is 7.25. The second kappa shape index (κ2) is 9.46. The third-order valence-corrected chi connectivity index (χ3v) is 7.71. The maximum atomic E-state index is 13.5. The molecule has 0 aliphatic heterocycles. The minimum absolute atomic E-state index is 0.0221. The number of imidazole rings is 1. The Kier molecular flexibility index (Phi) is 6.66. The van der Waals surface area contributed by atoms with Crippen LogP contribution in [0.15, 0.2) is 48.0 Å². The van der Waals surface area contributed by atoms with Gasteiger partial charge in [-0.05, 0) is 68.4 Å². The summed E-state index contributed by atoms with van der Waals surface area (Å²) in [5, 5.41) is 9.29. The Labute approximate surface area is 187 Å². The van der Waals surface area contributed by atoms with Crippen LogP contribution in [0.1, 0.15) is 45.1 Å². The lowest BCUT2D eigenvalue weighted by molar-refractivity contribution is 0.169. The van der Waals surface area contributed by atoms with Crippen molar-refractivity contribution in [3.63, 3.8) is 0 Å². The molecule has 0 radical (unpaired) electrons. The van der Waals surface area contributed by atoms with Crippen molar-refractivity contribution in [2.45, 2.75) is 50.2 Å². The van der Waals surface area contributed by atoms with Crippen molar-refractivity contribution in [3.8, 4) is 22.6 Å². The van der Waals surface area contributed by atoms with Gasteiger partial charge < -0.3 is 9.67 Å². The summed E-state index contributed by atoms with van der Waals surface area (Å²) in [7, 11) is -3.58. The van der Waals surface area contributed by atoms with Crippen LogP contribution in [0.3, 0.4) is 0 Å². The third-order valence-electron chi connectivity index (χ3n) is 6.01. The number of rotatable bonds is 7. The van der Waals surface area contributed by atoms with Crippen molar-refractivity contribution in [2.24, 2.45) is 5.92 Å². The van der Waals surface area contributed by atoms with Crippen molar-refractivity contribution in [1.82, 2.24) is 19.5 Å². The highest BCUT2D eigenvalue weighted by atomic mass is 32.2. The highest BCUT2D eigenvalue weighted by molar-refractivity contribution is 7.91. The summed E-state index contributed by atoms with van der Waals surface area (Å²) >= 11 is 0. The van der Waals surface area contributed by atoms with Gasteiger partial charge in [-0.25, -0.2) is 27.8 Å². The third kappa shape index (κ3) is 4.59. The molecule has 1 N–H and O–H groups in total. The summed E-state index contributed by atoms with van der Waals surface area (Å²) in [6, 6.07) is 7.91. The molecule has 0 amide bonds. The molecule has 1 aliphatic carbocycles. The van der Waals surface area contributed by atoms with Crippen molar-refractivity contribution in [3.05, 3.63) is 48.7 Å². The standard InChI is InChI=1S/C23H27FN4O3S/c1-2-13-32(30,31)23-25-12-11-20(27-23)22-21(17-5-7-18(24)8-6-17)26-15-28(22)19-9-3-16(14-29)4-10-19/h5-8,11-12,15-16,19,29H,2-4,9-10,13-14H2,1H3. The van der Waals surface area contributed by atoms with Crippen LogP contribution in [0.5, 0.6) is 0 Å². The van der Waals surface area contributed by atoms with Crippen molar-refractivity contribution in [2.75, 3.05) is 12.4 Å². The molecule has 1 saturated carbocycles. The molecular weight excluding hydrogens is 431 g/mol. The van der Waals surface area contributed by atoms with Gasteiger partial charge in [0, 0.05) is 24.4 Å². The smallest absolute Gasteiger partial charge is 0.247 e. The Morgan fingerprint density at radius 2 is 1.81 bits per heavy atom. The molecule has 0 atom stereocenters. The number of hydrogen-bond donors (Lipinski definition) is 1. The molecule has 7 nitrogen and oxygen atoms in total. The van der Waals surface area contributed by atoms with Gasteiger partial charge in [0.15, 0.2) is 0 Å². The van der Waals surface area contributed by atoms with E-state index in [1.165, 1.54) is 18.3 Å². The molecule has 4 rings (SSSR count). The van der Waals surface area contributed by atoms with Crippen LogP contribution in [-0.4, -0.2) is 45.4 Å². The zero-order valence-corrected chi connectivity index (χ0v) is 18.8. The molecule has 2 heterocycles. The summed E-state index contributed by atoms with van der Waals surface area (Å²) in [5.41, 5.74) is 2.50. The van der Waals surface area contributed by atoms with Gasteiger partial charge in [0.1, 0.15) is 5.82 Å². The van der Waals surface area contributed by atoms with E-state index < -0.39 is 9.84 Å². The molecular formula is C23H27FN4O3S. The van der Waals surface area contributed by atoms with E-state index in [1.54, 1.807) is 31.5 Å². The van der Waals surface area contributed by atoms with Crippen LogP contribution in [0.25, 0.3) is 22.6 Å². The first-order valence-corrected chi connectivity index (χ1v) is 12.6. The maximum Gasteiger partial charge on any atom is 0.247 e. The zero-order chi connectivity index (χ0) is 22.7. The average molecular weight is 459 g/mol. The van der Waals surface area contributed by atoms with Crippen LogP contribution in [0.4, 0.5) is 4.39 Å². The van der Waals surface area contributed by atoms with Crippen LogP contribution in [0, 0.1) is 11.7 Å². The Morgan fingerprint density at radius 1 is 1.09 bits per heavy atom. The number of halogens is 1. The van der Waals surface area contributed by atoms with Crippen LogP contribution in [0.2, 0.25) is 0 Å². The molecule has 0 saturated heterocycles. The molecule has 2 aromatic heterocycles. The number of aliphatic hydroxyl groups is 1. The van der Waals surface area contributed by atoms with E-state index in [-0.39, 0.29) is 29.4 Å². The second-order valence-corrected chi connectivity index (χ2v) is 10.3. The number of benzene rings is 1. The lowest BCUT2D eigenvalue weighted by atomic mass is 9.86. The molecule has 9 heteroatoms. The second-order valence-electron chi connectivity index (χ2n) is 8.26. The van der Waals surface area contributed by atoms with Crippen LogP contribution in [-0.2, 0) is 9.84 Å². The van der Waals surface area contributed by atoms with E-state index in [9.17, 15) is 17.9 Å². The largest absolute Gasteiger partial charge is 0.396 e. The predicted octanol–water partition coefficient (Wildman–Crippen LogP) is 4.05. The fraction of sp³-hybridized carbons (Fsp3) is 0.435. The Bertz CT molecular complexity index is 1170. The molecule has 170 valence electrons. The number of aliphatic hydroxyl groups excluding tert-OH is 1. The molecule has 32 heavy (non-hydrogen) atoms. The lowest BCUT2D eigenvalue weighted by Crippen LogP contribution is -2.20. The van der Waals surface area contributed by atoms with Gasteiger partial charge in [0.2, 0.25) is 15.0 Å². The molecule has 0 bridgehead atoms. The summed E-state index contributed by atoms with van der Waals surface area (Å²) in [4.78, 5) is 13.0. The molecule has 0 unspecified atom stereocenters. The summed E-state index contributed by atoms with van der Waals surface area (Å²) in [6.45, 7) is 1.99. The van der Waals surface area contributed by atoms with Crippen molar-refractivity contribution < 1.29 is 17.9 Å². The Morgan fingerprint density at radius 3 is 2.47 bits per heavy atom. The van der Waals surface area contributed by atoms with Gasteiger partial charge in [-0.2, -0.15) is 0 Å². The van der Waals surface area contributed by atoms with Gasteiger partial charge in [-0.3, -0.25) is 0 Å². The highest BCUT2D eigenvalue weighted by Crippen LogP contribution is 2.38. The van der Waals surface area contributed by atoms with E-state index in [0.717, 1.165) is 31.2 Å². The lowest BCUT2D eigenvalue weighted by Gasteiger charge is -2.29. The fourth-order valence-corrected chi connectivity index (χ4v) is 5.48. The van der Waals surface area contributed by atoms with Crippen molar-refractivity contribution >= 4 is 9.84 Å². The maximum absolute atomic E-state index is 13.5.